The van der Waals surface area contributed by atoms with E-state index in [4.69, 9.17) is 29.8 Å². The number of para-hydroxylation sites is 2. The van der Waals surface area contributed by atoms with Crippen molar-refractivity contribution in [2.45, 2.75) is 0 Å². The van der Waals surface area contributed by atoms with Gasteiger partial charge in [-0.25, -0.2) is 9.97 Å². The SMILES string of the molecule is [2H]c1c([2H])c([2H])c2c([2H])c3c(c([2H])c2c1[2H])c1c([2H])c([2H])c([2H])c([2H])c1n3-c1ccc2c(c1)oc1cccc(-c3nc(-c4ccccc4)c4oc5ccccc5c4n3)c12. The molecule has 0 bridgehead atoms. The molecule has 0 atom stereocenters. The standard InChI is InChI=1S/C44H25N3O2/c1-2-11-26(12-3-1)41-43-42(32-16-7-9-19-37(32)49-43)46-44(45-41)33-17-10-20-38-40(33)31-22-21-29(25-39(31)48-38)47-35-18-8-6-15-30(35)34-23-27-13-4-5-14-28(27)24-36(34)47/h1-25H/i4D,5D,6D,8D,13D,14D,15D,18D,23D,24D. The van der Waals surface area contributed by atoms with E-state index in [1.807, 2.05) is 78.9 Å². The molecule has 11 rings (SSSR count). The highest BCUT2D eigenvalue weighted by Gasteiger charge is 2.21. The molecular formula is C44H25N3O2. The summed E-state index contributed by atoms with van der Waals surface area (Å²) in [6.45, 7) is 0. The summed E-state index contributed by atoms with van der Waals surface area (Å²) in [5, 5.41) is 1.78. The van der Waals surface area contributed by atoms with E-state index in [2.05, 4.69) is 0 Å². The summed E-state index contributed by atoms with van der Waals surface area (Å²) < 4.78 is 102. The Morgan fingerprint density at radius 3 is 2.29 bits per heavy atom. The summed E-state index contributed by atoms with van der Waals surface area (Å²) in [5.74, 6) is 0.442. The van der Waals surface area contributed by atoms with E-state index in [1.165, 1.54) is 4.57 Å². The van der Waals surface area contributed by atoms with Crippen LogP contribution in [-0.2, 0) is 0 Å². The highest BCUT2D eigenvalue weighted by Crippen LogP contribution is 2.41. The van der Waals surface area contributed by atoms with Gasteiger partial charge in [0.25, 0.3) is 0 Å². The van der Waals surface area contributed by atoms with E-state index in [0.717, 1.165) is 16.3 Å². The average Bonchev–Trinajstić information content (AvgIpc) is 3.94. The van der Waals surface area contributed by atoms with Crippen LogP contribution in [-0.4, -0.2) is 14.5 Å². The Bertz CT molecular complexity index is 3690. The molecule has 0 aliphatic rings. The normalized spacial score (nSPS) is 14.9. The number of rotatable bonds is 3. The van der Waals surface area contributed by atoms with Gasteiger partial charge in [0.15, 0.2) is 11.4 Å². The van der Waals surface area contributed by atoms with Gasteiger partial charge in [0, 0.05) is 49.8 Å². The van der Waals surface area contributed by atoms with Gasteiger partial charge in [-0.05, 0) is 59.2 Å². The molecule has 228 valence electrons. The van der Waals surface area contributed by atoms with Crippen LogP contribution in [0.4, 0.5) is 0 Å². The zero-order chi connectivity index (χ0) is 40.8. The Morgan fingerprint density at radius 1 is 0.571 bits per heavy atom. The van der Waals surface area contributed by atoms with Gasteiger partial charge in [-0.2, -0.15) is 0 Å². The summed E-state index contributed by atoms with van der Waals surface area (Å²) in [5.41, 5.74) is 5.32. The lowest BCUT2D eigenvalue weighted by Gasteiger charge is -2.09. The first-order valence-electron chi connectivity index (χ1n) is 20.6. The molecule has 4 aromatic heterocycles. The smallest absolute Gasteiger partial charge is 0.180 e. The van der Waals surface area contributed by atoms with Crippen molar-refractivity contribution >= 4 is 76.6 Å². The fraction of sp³-hybridized carbons (Fsp3) is 0. The highest BCUT2D eigenvalue weighted by molar-refractivity contribution is 6.16. The van der Waals surface area contributed by atoms with E-state index >= 15 is 0 Å². The van der Waals surface area contributed by atoms with Crippen LogP contribution >= 0.6 is 0 Å². The van der Waals surface area contributed by atoms with E-state index in [1.54, 1.807) is 12.1 Å². The molecule has 5 nitrogen and oxygen atoms in total. The third-order valence-corrected chi connectivity index (χ3v) is 9.03. The Hall–Kier alpha value is -6.72. The minimum atomic E-state index is -0.574. The first kappa shape index (κ1) is 18.6. The number of aromatic nitrogens is 3. The monoisotopic (exact) mass is 637 g/mol. The van der Waals surface area contributed by atoms with E-state index < -0.39 is 48.3 Å². The topological polar surface area (TPSA) is 57.0 Å². The minimum Gasteiger partial charge on any atom is -0.456 e. The zero-order valence-corrected chi connectivity index (χ0v) is 25.3. The van der Waals surface area contributed by atoms with Gasteiger partial charge in [-0.15, -0.1) is 0 Å². The maximum Gasteiger partial charge on any atom is 0.180 e. The molecule has 0 spiro atoms. The second kappa shape index (κ2) is 9.89. The minimum absolute atomic E-state index is 0.00633. The number of nitrogens with zero attached hydrogens (tertiary/aromatic N) is 3. The highest BCUT2D eigenvalue weighted by atomic mass is 16.3. The molecule has 11 aromatic rings. The lowest BCUT2D eigenvalue weighted by Crippen LogP contribution is -1.94. The van der Waals surface area contributed by atoms with Crippen molar-refractivity contribution in [2.75, 3.05) is 0 Å². The van der Waals surface area contributed by atoms with Crippen LogP contribution in [0.25, 0.3) is 105 Å². The van der Waals surface area contributed by atoms with Gasteiger partial charge >= 0.3 is 0 Å². The molecule has 5 heteroatoms. The van der Waals surface area contributed by atoms with E-state index in [0.29, 0.717) is 56.0 Å². The summed E-state index contributed by atoms with van der Waals surface area (Å²) in [6.07, 6.45) is 0. The lowest BCUT2D eigenvalue weighted by atomic mass is 10.0. The van der Waals surface area contributed by atoms with Gasteiger partial charge in [0.2, 0.25) is 0 Å². The van der Waals surface area contributed by atoms with Gasteiger partial charge in [-0.1, -0.05) is 96.9 Å². The van der Waals surface area contributed by atoms with Crippen molar-refractivity contribution in [3.8, 4) is 28.3 Å². The molecule has 7 aromatic carbocycles. The fourth-order valence-electron chi connectivity index (χ4n) is 6.88. The first-order valence-corrected chi connectivity index (χ1v) is 15.6. The third kappa shape index (κ3) is 3.81. The number of benzene rings is 7. The van der Waals surface area contributed by atoms with Crippen LogP contribution < -0.4 is 0 Å². The Kier molecular flexibility index (Phi) is 3.75. The summed E-state index contributed by atoms with van der Waals surface area (Å²) in [7, 11) is 0. The van der Waals surface area contributed by atoms with Crippen LogP contribution in [0.2, 0.25) is 0 Å². The van der Waals surface area contributed by atoms with Crippen molar-refractivity contribution in [1.29, 1.82) is 0 Å². The molecule has 0 saturated carbocycles. The van der Waals surface area contributed by atoms with E-state index in [-0.39, 0.29) is 44.7 Å². The van der Waals surface area contributed by atoms with Crippen molar-refractivity contribution in [1.82, 2.24) is 14.5 Å². The van der Waals surface area contributed by atoms with Gasteiger partial charge in [0.1, 0.15) is 28.0 Å². The predicted molar refractivity (Wildman–Crippen MR) is 199 cm³/mol. The van der Waals surface area contributed by atoms with Crippen LogP contribution in [0.15, 0.2) is 160 Å². The molecule has 0 radical (unpaired) electrons. The maximum atomic E-state index is 9.44. The molecule has 0 aliphatic carbocycles. The molecule has 0 amide bonds. The summed E-state index contributed by atoms with van der Waals surface area (Å²) in [4.78, 5) is 10.2. The molecule has 4 heterocycles. The molecule has 0 unspecified atom stereocenters. The van der Waals surface area contributed by atoms with Crippen molar-refractivity contribution in [3.05, 3.63) is 151 Å². The van der Waals surface area contributed by atoms with Crippen molar-refractivity contribution < 1.29 is 22.5 Å². The first-order chi connectivity index (χ1) is 28.5. The number of hydrogen-bond donors (Lipinski definition) is 0. The zero-order valence-electron chi connectivity index (χ0n) is 35.3. The van der Waals surface area contributed by atoms with Gasteiger partial charge in [-0.3, -0.25) is 0 Å². The van der Waals surface area contributed by atoms with Gasteiger partial charge < -0.3 is 13.4 Å². The molecule has 0 aliphatic heterocycles. The molecule has 0 N–H and O–H groups in total. The fourth-order valence-corrected chi connectivity index (χ4v) is 6.88. The Labute approximate surface area is 293 Å². The molecule has 49 heavy (non-hydrogen) atoms. The quantitative estimate of drug-likeness (QED) is 0.193. The second-order valence-electron chi connectivity index (χ2n) is 11.8. The summed E-state index contributed by atoms with van der Waals surface area (Å²) >= 11 is 0. The third-order valence-electron chi connectivity index (χ3n) is 9.03. The Balaban J connectivity index is 1.21. The lowest BCUT2D eigenvalue weighted by molar-refractivity contribution is 0.667. The van der Waals surface area contributed by atoms with Crippen molar-refractivity contribution in [2.24, 2.45) is 0 Å². The van der Waals surface area contributed by atoms with Crippen LogP contribution in [0.1, 0.15) is 13.7 Å². The van der Waals surface area contributed by atoms with Gasteiger partial charge in [0.05, 0.1) is 24.7 Å². The second-order valence-corrected chi connectivity index (χ2v) is 11.8. The predicted octanol–water partition coefficient (Wildman–Crippen LogP) is 11.9. The Morgan fingerprint density at radius 2 is 1.37 bits per heavy atom. The number of hydrogen-bond acceptors (Lipinski definition) is 4. The number of furan rings is 2. The van der Waals surface area contributed by atoms with Crippen molar-refractivity contribution in [3.63, 3.8) is 0 Å². The summed E-state index contributed by atoms with van der Waals surface area (Å²) in [6, 6.07) is 23.4. The van der Waals surface area contributed by atoms with Crippen LogP contribution in [0.5, 0.6) is 0 Å². The van der Waals surface area contributed by atoms with Crippen LogP contribution in [0, 0.1) is 0 Å². The number of fused-ring (bicyclic) bond motifs is 10. The molecular weight excluding hydrogens is 603 g/mol. The largest absolute Gasteiger partial charge is 0.456 e. The van der Waals surface area contributed by atoms with E-state index in [9.17, 15) is 2.74 Å². The molecule has 0 fully saturated rings. The van der Waals surface area contributed by atoms with Crippen LogP contribution in [0.3, 0.4) is 0 Å². The maximum absolute atomic E-state index is 9.44. The molecule has 0 saturated heterocycles. The average molecular weight is 638 g/mol.